The van der Waals surface area contributed by atoms with Gasteiger partial charge < -0.3 is 10.2 Å². The second kappa shape index (κ2) is 8.26. The van der Waals surface area contributed by atoms with E-state index >= 15 is 0 Å². The fraction of sp³-hybridized carbons (Fsp3) is 0. The van der Waals surface area contributed by atoms with Gasteiger partial charge >= 0.3 is 5.97 Å². The fourth-order valence-corrected chi connectivity index (χ4v) is 3.61. The van der Waals surface area contributed by atoms with Gasteiger partial charge in [-0.3, -0.25) is 4.79 Å². The third-order valence-electron chi connectivity index (χ3n) is 4.63. The Morgan fingerprint density at radius 1 is 0.968 bits per heavy atom. The van der Waals surface area contributed by atoms with Crippen LogP contribution in [-0.2, 0) is 4.79 Å². The van der Waals surface area contributed by atoms with Crippen LogP contribution in [0.3, 0.4) is 0 Å². The van der Waals surface area contributed by atoms with E-state index < -0.39 is 11.9 Å². The first-order valence-corrected chi connectivity index (χ1v) is 9.82. The highest BCUT2D eigenvalue weighted by atomic mass is 35.5. The highest BCUT2D eigenvalue weighted by Gasteiger charge is 2.32. The van der Waals surface area contributed by atoms with Crippen molar-refractivity contribution >= 4 is 52.6 Å². The quantitative estimate of drug-likeness (QED) is 0.530. The van der Waals surface area contributed by atoms with Crippen LogP contribution in [0.1, 0.15) is 21.5 Å². The van der Waals surface area contributed by atoms with Gasteiger partial charge in [-0.1, -0.05) is 53.5 Å². The average molecular weight is 453 g/mol. The maximum absolute atomic E-state index is 13.3. The molecule has 1 aliphatic rings. The molecule has 0 aromatic heterocycles. The summed E-state index contributed by atoms with van der Waals surface area (Å²) in [5.41, 5.74) is 2.51. The van der Waals surface area contributed by atoms with Crippen LogP contribution in [0.5, 0.6) is 5.75 Å². The molecule has 0 spiro atoms. The van der Waals surface area contributed by atoms with Gasteiger partial charge in [-0.15, -0.1) is 0 Å². The molecule has 0 fully saturated rings. The number of carboxylic acids is 1. The highest BCUT2D eigenvalue weighted by Crippen LogP contribution is 2.34. The third kappa shape index (κ3) is 4.03. The number of phenolic OH excluding ortho intramolecular Hbond substituents is 1. The van der Waals surface area contributed by atoms with Crippen LogP contribution in [0.2, 0.25) is 10.0 Å². The Morgan fingerprint density at radius 2 is 1.58 bits per heavy atom. The number of carboxylic acid groups (broad SMARTS) is 1. The summed E-state index contributed by atoms with van der Waals surface area (Å²) in [5, 5.41) is 24.7. The number of nitrogens with zero attached hydrogens (tertiary/aromatic N) is 2. The number of aromatic hydroxyl groups is 1. The molecule has 0 radical (unpaired) electrons. The maximum atomic E-state index is 13.3. The second-order valence-electron chi connectivity index (χ2n) is 6.67. The number of amides is 1. The van der Waals surface area contributed by atoms with Crippen molar-refractivity contribution < 1.29 is 19.8 Å². The van der Waals surface area contributed by atoms with E-state index in [1.165, 1.54) is 41.4 Å². The molecule has 0 atom stereocenters. The van der Waals surface area contributed by atoms with Gasteiger partial charge in [0.25, 0.3) is 5.91 Å². The largest absolute Gasteiger partial charge is 0.505 e. The smallest absolute Gasteiger partial charge is 0.335 e. The zero-order chi connectivity index (χ0) is 22.1. The maximum Gasteiger partial charge on any atom is 0.335 e. The van der Waals surface area contributed by atoms with Crippen LogP contribution in [0.25, 0.3) is 6.08 Å². The first-order valence-electron chi connectivity index (χ1n) is 9.07. The zero-order valence-electron chi connectivity index (χ0n) is 15.8. The number of carbonyl (C=O) groups is 2. The lowest BCUT2D eigenvalue weighted by Crippen LogP contribution is -2.21. The van der Waals surface area contributed by atoms with Crippen molar-refractivity contribution in [2.45, 2.75) is 0 Å². The molecule has 31 heavy (non-hydrogen) atoms. The summed E-state index contributed by atoms with van der Waals surface area (Å²) in [6.45, 7) is 0. The molecule has 3 aromatic rings. The van der Waals surface area contributed by atoms with Crippen LogP contribution in [0, 0.1) is 0 Å². The molecule has 0 aliphatic carbocycles. The van der Waals surface area contributed by atoms with Gasteiger partial charge in [0.05, 0.1) is 26.9 Å². The molecule has 1 amide bonds. The number of hydrazone groups is 1. The molecule has 0 unspecified atom stereocenters. The molecule has 8 heteroatoms. The molecular weight excluding hydrogens is 439 g/mol. The molecule has 0 saturated carbocycles. The zero-order valence-corrected chi connectivity index (χ0v) is 17.3. The van der Waals surface area contributed by atoms with E-state index in [9.17, 15) is 14.7 Å². The predicted molar refractivity (Wildman–Crippen MR) is 120 cm³/mol. The van der Waals surface area contributed by atoms with Crippen molar-refractivity contribution in [2.75, 3.05) is 5.01 Å². The van der Waals surface area contributed by atoms with E-state index in [2.05, 4.69) is 5.10 Å². The van der Waals surface area contributed by atoms with Gasteiger partial charge in [0.2, 0.25) is 0 Å². The lowest BCUT2D eigenvalue weighted by Gasteiger charge is -2.11. The molecule has 2 N–H and O–H groups in total. The Labute approximate surface area is 187 Å². The van der Waals surface area contributed by atoms with Crippen LogP contribution in [-0.4, -0.2) is 27.8 Å². The minimum Gasteiger partial charge on any atom is -0.505 e. The van der Waals surface area contributed by atoms with E-state index in [0.717, 1.165) is 5.56 Å². The Hall–Kier alpha value is -3.61. The molecule has 0 saturated heterocycles. The monoisotopic (exact) mass is 452 g/mol. The number of hydrogen-bond donors (Lipinski definition) is 2. The number of hydrogen-bond acceptors (Lipinski definition) is 4. The predicted octanol–water partition coefficient (Wildman–Crippen LogP) is 5.23. The number of benzene rings is 3. The minimum atomic E-state index is -1.06. The Bertz CT molecular complexity index is 1230. The number of carbonyl (C=O) groups excluding carboxylic acids is 1. The topological polar surface area (TPSA) is 90.2 Å². The highest BCUT2D eigenvalue weighted by molar-refractivity contribution is 6.39. The number of halogens is 2. The molecule has 4 rings (SSSR count). The van der Waals surface area contributed by atoms with E-state index in [4.69, 9.17) is 28.3 Å². The van der Waals surface area contributed by atoms with Gasteiger partial charge in [-0.2, -0.15) is 10.1 Å². The number of phenols is 1. The summed E-state index contributed by atoms with van der Waals surface area (Å²) in [7, 11) is 0. The molecule has 0 bridgehead atoms. The van der Waals surface area contributed by atoms with Gasteiger partial charge in [0.1, 0.15) is 5.71 Å². The van der Waals surface area contributed by atoms with Crippen molar-refractivity contribution in [3.8, 4) is 5.75 Å². The van der Waals surface area contributed by atoms with E-state index in [1.54, 1.807) is 6.08 Å². The van der Waals surface area contributed by atoms with Crippen molar-refractivity contribution in [1.82, 2.24) is 0 Å². The minimum absolute atomic E-state index is 0.0594. The molecule has 3 aromatic carbocycles. The van der Waals surface area contributed by atoms with Gasteiger partial charge in [0, 0.05) is 5.56 Å². The van der Waals surface area contributed by atoms with Crippen LogP contribution in [0.15, 0.2) is 77.4 Å². The standard InChI is InChI=1S/C23H14Cl2N2O4/c24-18-11-13(12-19(25)21(18)28)10-17-20(14-4-2-1-3-5-14)26-27(22(17)29)16-8-6-15(7-9-16)23(30)31/h1-12,28H,(H,30,31)/b17-10+. The van der Waals surface area contributed by atoms with Crippen LogP contribution < -0.4 is 5.01 Å². The van der Waals surface area contributed by atoms with Crippen molar-refractivity contribution in [3.63, 3.8) is 0 Å². The van der Waals surface area contributed by atoms with Gasteiger partial charge in [-0.05, 0) is 48.0 Å². The van der Waals surface area contributed by atoms with Gasteiger partial charge in [-0.25, -0.2) is 4.79 Å². The van der Waals surface area contributed by atoms with Crippen molar-refractivity contribution in [2.24, 2.45) is 5.10 Å². The fourth-order valence-electron chi connectivity index (χ4n) is 3.11. The summed E-state index contributed by atoms with van der Waals surface area (Å²) < 4.78 is 0. The first-order chi connectivity index (χ1) is 14.8. The van der Waals surface area contributed by atoms with E-state index in [0.29, 0.717) is 22.5 Å². The van der Waals surface area contributed by atoms with Crippen LogP contribution in [0.4, 0.5) is 5.69 Å². The Morgan fingerprint density at radius 3 is 2.16 bits per heavy atom. The average Bonchev–Trinajstić information content (AvgIpc) is 3.09. The molecule has 1 heterocycles. The van der Waals surface area contributed by atoms with E-state index in [1.807, 2.05) is 30.3 Å². The normalized spacial score (nSPS) is 14.8. The molecule has 1 aliphatic heterocycles. The summed E-state index contributed by atoms with van der Waals surface area (Å²) in [4.78, 5) is 24.4. The lowest BCUT2D eigenvalue weighted by atomic mass is 10.00. The summed E-state index contributed by atoms with van der Waals surface area (Å²) in [6, 6.07) is 18.0. The number of rotatable bonds is 4. The van der Waals surface area contributed by atoms with Crippen LogP contribution >= 0.6 is 23.2 Å². The summed E-state index contributed by atoms with van der Waals surface area (Å²) >= 11 is 12.0. The second-order valence-corrected chi connectivity index (χ2v) is 7.49. The van der Waals surface area contributed by atoms with E-state index in [-0.39, 0.29) is 21.4 Å². The summed E-state index contributed by atoms with van der Waals surface area (Å²) in [5.74, 6) is -1.70. The Kier molecular flexibility index (Phi) is 5.50. The molecule has 6 nitrogen and oxygen atoms in total. The van der Waals surface area contributed by atoms with Gasteiger partial charge in [0.15, 0.2) is 5.75 Å². The van der Waals surface area contributed by atoms with Crippen molar-refractivity contribution in [3.05, 3.63) is 99.0 Å². The van der Waals surface area contributed by atoms with Crippen molar-refractivity contribution in [1.29, 1.82) is 0 Å². The molecular formula is C23H14Cl2N2O4. The number of anilines is 1. The SMILES string of the molecule is O=C(O)c1ccc(N2N=C(c3ccccc3)/C(=C\c3cc(Cl)c(O)c(Cl)c3)C2=O)cc1. The lowest BCUT2D eigenvalue weighted by molar-refractivity contribution is -0.114. The first kappa shape index (κ1) is 20.7. The third-order valence-corrected chi connectivity index (χ3v) is 5.21. The Balaban J connectivity index is 1.81. The number of aromatic carboxylic acids is 1. The summed E-state index contributed by atoms with van der Waals surface area (Å²) in [6.07, 6.45) is 1.59. The molecule has 154 valence electrons.